The van der Waals surface area contributed by atoms with E-state index in [2.05, 4.69) is 10.2 Å². The maximum Gasteiger partial charge on any atom is 0.298 e. The van der Waals surface area contributed by atoms with Crippen molar-refractivity contribution in [2.45, 2.75) is 9.79 Å². The fraction of sp³-hybridized carbons (Fsp3) is 0.0588. The maximum atomic E-state index is 11.6. The normalized spacial score (nSPS) is 12.5. The Kier molecular flexibility index (Phi) is 5.71. The van der Waals surface area contributed by atoms with Gasteiger partial charge in [-0.1, -0.05) is 17.7 Å². The van der Waals surface area contributed by atoms with Gasteiger partial charge in [-0.25, -0.2) is 0 Å². The fourth-order valence-corrected chi connectivity index (χ4v) is 4.00. The highest BCUT2D eigenvalue weighted by Gasteiger charge is 2.23. The van der Waals surface area contributed by atoms with Crippen molar-refractivity contribution < 1.29 is 35.8 Å². The van der Waals surface area contributed by atoms with Crippen molar-refractivity contribution in [3.63, 3.8) is 0 Å². The lowest BCUT2D eigenvalue weighted by Crippen LogP contribution is -2.00. The topological polar surface area (TPSA) is 163 Å². The van der Waals surface area contributed by atoms with Crippen LogP contribution in [0.5, 0.6) is 11.5 Å². The van der Waals surface area contributed by atoms with Crippen molar-refractivity contribution in [3.05, 3.63) is 47.5 Å². The molecule has 0 spiro atoms. The Bertz CT molecular complexity index is 1400. The van der Waals surface area contributed by atoms with E-state index in [1.54, 1.807) is 0 Å². The van der Waals surface area contributed by atoms with Gasteiger partial charge in [-0.3, -0.25) is 9.11 Å². The van der Waals surface area contributed by atoms with E-state index in [0.717, 1.165) is 18.2 Å². The molecule has 0 bridgehead atoms. The van der Waals surface area contributed by atoms with Gasteiger partial charge in [-0.2, -0.15) is 21.9 Å². The number of hydrogen-bond donors (Lipinski definition) is 3. The van der Waals surface area contributed by atoms with Gasteiger partial charge in [0.2, 0.25) is 0 Å². The van der Waals surface area contributed by atoms with Crippen molar-refractivity contribution in [2.24, 2.45) is 10.2 Å². The van der Waals surface area contributed by atoms with E-state index in [0.29, 0.717) is 5.75 Å². The summed E-state index contributed by atoms with van der Waals surface area (Å²) in [4.78, 5) is -1.43. The largest absolute Gasteiger partial charge is 0.504 e. The van der Waals surface area contributed by atoms with Gasteiger partial charge in [0.05, 0.1) is 22.7 Å². The summed E-state index contributed by atoms with van der Waals surface area (Å²) in [5.74, 6) is -0.511. The predicted molar refractivity (Wildman–Crippen MR) is 107 cm³/mol. The molecule has 0 amide bonds. The van der Waals surface area contributed by atoms with E-state index in [1.165, 1.54) is 31.4 Å². The highest BCUT2D eigenvalue weighted by molar-refractivity contribution is 7.86. The molecule has 0 heterocycles. The Balaban J connectivity index is 2.26. The minimum atomic E-state index is -4.90. The van der Waals surface area contributed by atoms with E-state index in [9.17, 15) is 31.0 Å². The Morgan fingerprint density at radius 2 is 1.63 bits per heavy atom. The zero-order valence-corrected chi connectivity index (χ0v) is 17.4. The molecule has 0 aromatic heterocycles. The van der Waals surface area contributed by atoms with Gasteiger partial charge >= 0.3 is 0 Å². The zero-order chi connectivity index (χ0) is 22.3. The van der Waals surface area contributed by atoms with Crippen molar-refractivity contribution in [2.75, 3.05) is 7.11 Å². The van der Waals surface area contributed by atoms with Crippen LogP contribution in [-0.4, -0.2) is 38.2 Å². The molecule has 0 aliphatic rings. The molecule has 0 saturated heterocycles. The number of methoxy groups -OCH3 is 1. The first kappa shape index (κ1) is 21.9. The van der Waals surface area contributed by atoms with Gasteiger partial charge in [-0.05, 0) is 41.8 Å². The number of benzene rings is 3. The molecule has 0 radical (unpaired) electrons. The highest BCUT2D eigenvalue weighted by atomic mass is 35.5. The van der Waals surface area contributed by atoms with Crippen LogP contribution < -0.4 is 4.74 Å². The number of phenolic OH excluding ortho intramolecular Hbond substituents is 1. The standard InChI is InChI=1S/C17H13ClN2O8S2/c1-28-14-5-2-10(8-13(14)18)19-20-16-12-4-3-11(29(22,23)24)6-9(12)7-15(17(16)21)30(25,26)27/h2-8,21H,1H3,(H,22,23,24)(H,25,26,27). The molecule has 0 fully saturated rings. The molecular weight excluding hydrogens is 460 g/mol. The molecule has 0 atom stereocenters. The van der Waals surface area contributed by atoms with Crippen molar-refractivity contribution in [1.82, 2.24) is 0 Å². The molecule has 3 aromatic carbocycles. The van der Waals surface area contributed by atoms with Crippen LogP contribution in [-0.2, 0) is 20.2 Å². The number of nitrogens with zero attached hydrogens (tertiary/aromatic N) is 2. The number of ether oxygens (including phenoxy) is 1. The Morgan fingerprint density at radius 3 is 2.20 bits per heavy atom. The number of hydrogen-bond acceptors (Lipinski definition) is 8. The zero-order valence-electron chi connectivity index (χ0n) is 15.0. The van der Waals surface area contributed by atoms with E-state index < -0.39 is 35.8 Å². The second-order valence-corrected chi connectivity index (χ2v) is 9.14. The second-order valence-electron chi connectivity index (χ2n) is 5.92. The summed E-state index contributed by atoms with van der Waals surface area (Å²) in [6.07, 6.45) is 0. The predicted octanol–water partition coefficient (Wildman–Crippen LogP) is 4.12. The molecular formula is C17H13ClN2O8S2. The summed E-state index contributed by atoms with van der Waals surface area (Å²) in [5, 5.41) is 18.4. The van der Waals surface area contributed by atoms with Crippen LogP contribution in [0.4, 0.5) is 11.4 Å². The molecule has 3 rings (SSSR count). The molecule has 0 aliphatic heterocycles. The van der Waals surface area contributed by atoms with Gasteiger partial charge in [0.25, 0.3) is 20.2 Å². The van der Waals surface area contributed by atoms with Gasteiger partial charge < -0.3 is 9.84 Å². The first-order valence-corrected chi connectivity index (χ1v) is 11.2. The second kappa shape index (κ2) is 7.81. The lowest BCUT2D eigenvalue weighted by molar-refractivity contribution is 0.415. The third kappa shape index (κ3) is 4.37. The first-order chi connectivity index (χ1) is 13.9. The Hall–Kier alpha value is -2.77. The maximum absolute atomic E-state index is 11.6. The molecule has 0 aliphatic carbocycles. The quantitative estimate of drug-likeness (QED) is 0.368. The average Bonchev–Trinajstić information content (AvgIpc) is 2.65. The summed E-state index contributed by atoms with van der Waals surface area (Å²) in [6.45, 7) is 0. The number of azo groups is 1. The van der Waals surface area contributed by atoms with Crippen molar-refractivity contribution >= 4 is 54.0 Å². The van der Waals surface area contributed by atoms with Gasteiger partial charge in [0.15, 0.2) is 5.75 Å². The number of halogens is 1. The minimum Gasteiger partial charge on any atom is -0.504 e. The molecule has 30 heavy (non-hydrogen) atoms. The van der Waals surface area contributed by atoms with Gasteiger partial charge in [0, 0.05) is 5.39 Å². The van der Waals surface area contributed by atoms with Crippen LogP contribution in [0.2, 0.25) is 5.02 Å². The summed E-state index contributed by atoms with van der Waals surface area (Å²) in [5.41, 5.74) is -0.117. The SMILES string of the molecule is COc1ccc(N=Nc2c(O)c(S(=O)(=O)O)cc3cc(S(=O)(=O)O)ccc23)cc1Cl. The summed E-state index contributed by atoms with van der Waals surface area (Å²) < 4.78 is 69.7. The van der Waals surface area contributed by atoms with Gasteiger partial charge in [-0.15, -0.1) is 5.11 Å². The minimum absolute atomic E-state index is 0.0442. The monoisotopic (exact) mass is 472 g/mol. The lowest BCUT2D eigenvalue weighted by Gasteiger charge is -2.09. The molecule has 0 unspecified atom stereocenters. The molecule has 10 nitrogen and oxygen atoms in total. The van der Waals surface area contributed by atoms with E-state index in [1.807, 2.05) is 0 Å². The third-order valence-corrected chi connectivity index (χ3v) is 6.01. The lowest BCUT2D eigenvalue weighted by atomic mass is 10.1. The Morgan fingerprint density at radius 1 is 0.933 bits per heavy atom. The van der Waals surface area contributed by atoms with E-state index >= 15 is 0 Å². The van der Waals surface area contributed by atoms with Gasteiger partial charge in [0.1, 0.15) is 16.3 Å². The van der Waals surface area contributed by atoms with E-state index in [-0.39, 0.29) is 27.2 Å². The number of aromatic hydroxyl groups is 1. The molecule has 0 saturated carbocycles. The molecule has 158 valence electrons. The number of phenols is 1. The molecule has 3 N–H and O–H groups in total. The number of fused-ring (bicyclic) bond motifs is 1. The summed E-state index contributed by atoms with van der Waals surface area (Å²) in [6, 6.07) is 8.46. The summed E-state index contributed by atoms with van der Waals surface area (Å²) >= 11 is 6.01. The van der Waals surface area contributed by atoms with Crippen LogP contribution in [0.15, 0.2) is 62.5 Å². The first-order valence-electron chi connectivity index (χ1n) is 7.92. The van der Waals surface area contributed by atoms with Crippen LogP contribution in [0.1, 0.15) is 0 Å². The van der Waals surface area contributed by atoms with Crippen molar-refractivity contribution in [1.29, 1.82) is 0 Å². The average molecular weight is 473 g/mol. The third-order valence-electron chi connectivity index (χ3n) is 4.00. The molecule has 3 aromatic rings. The van der Waals surface area contributed by atoms with E-state index in [4.69, 9.17) is 16.3 Å². The Labute approximate surface area is 175 Å². The smallest absolute Gasteiger partial charge is 0.298 e. The fourth-order valence-electron chi connectivity index (χ4n) is 2.61. The van der Waals surface area contributed by atoms with Crippen LogP contribution >= 0.6 is 11.6 Å². The number of rotatable bonds is 5. The highest BCUT2D eigenvalue weighted by Crippen LogP contribution is 2.42. The summed E-state index contributed by atoms with van der Waals surface area (Å²) in [7, 11) is -8.06. The van der Waals surface area contributed by atoms with Crippen LogP contribution in [0, 0.1) is 0 Å². The molecule has 13 heteroatoms. The van der Waals surface area contributed by atoms with Crippen LogP contribution in [0.25, 0.3) is 10.8 Å². The van der Waals surface area contributed by atoms with Crippen molar-refractivity contribution in [3.8, 4) is 11.5 Å². The van der Waals surface area contributed by atoms with Crippen LogP contribution in [0.3, 0.4) is 0 Å².